The van der Waals surface area contributed by atoms with Gasteiger partial charge in [-0.1, -0.05) is 0 Å². The van der Waals surface area contributed by atoms with E-state index in [-0.39, 0.29) is 0 Å². The van der Waals surface area contributed by atoms with Crippen molar-refractivity contribution in [3.63, 3.8) is 0 Å². The lowest BCUT2D eigenvalue weighted by Crippen LogP contribution is -1.89. The van der Waals surface area contributed by atoms with Crippen LogP contribution in [0.25, 0.3) is 28.2 Å². The van der Waals surface area contributed by atoms with E-state index in [9.17, 15) is 0 Å². The zero-order chi connectivity index (χ0) is 15.8. The number of benzene rings is 2. The lowest BCUT2D eigenvalue weighted by molar-refractivity contribution is 0.412. The second-order valence-corrected chi connectivity index (χ2v) is 5.74. The van der Waals surface area contributed by atoms with E-state index in [2.05, 4.69) is 31.1 Å². The summed E-state index contributed by atoms with van der Waals surface area (Å²) >= 11 is 3.47. The highest BCUT2D eigenvalue weighted by molar-refractivity contribution is 9.10. The SMILES string of the molecule is COc1ccc(-c2nc3cc(-n4cnnc4)ccc3o2)cc1Br. The summed E-state index contributed by atoms with van der Waals surface area (Å²) in [5.74, 6) is 1.32. The minimum Gasteiger partial charge on any atom is -0.496 e. The Morgan fingerprint density at radius 3 is 2.65 bits per heavy atom. The number of hydrogen-bond donors (Lipinski definition) is 0. The highest BCUT2D eigenvalue weighted by Gasteiger charge is 2.11. The van der Waals surface area contributed by atoms with Crippen LogP contribution < -0.4 is 4.74 Å². The van der Waals surface area contributed by atoms with Gasteiger partial charge in [-0.25, -0.2) is 4.98 Å². The summed E-state index contributed by atoms with van der Waals surface area (Å²) < 4.78 is 13.8. The van der Waals surface area contributed by atoms with Crippen LogP contribution in [0.2, 0.25) is 0 Å². The third-order valence-corrected chi connectivity index (χ3v) is 4.11. The van der Waals surface area contributed by atoms with E-state index in [1.54, 1.807) is 19.8 Å². The van der Waals surface area contributed by atoms with Crippen LogP contribution in [0.15, 0.2) is 57.9 Å². The molecule has 23 heavy (non-hydrogen) atoms. The molecule has 0 spiro atoms. The summed E-state index contributed by atoms with van der Waals surface area (Å²) in [7, 11) is 1.63. The van der Waals surface area contributed by atoms with Crippen molar-refractivity contribution in [2.24, 2.45) is 0 Å². The summed E-state index contributed by atoms with van der Waals surface area (Å²) in [4.78, 5) is 4.57. The fraction of sp³-hybridized carbons (Fsp3) is 0.0625. The largest absolute Gasteiger partial charge is 0.496 e. The van der Waals surface area contributed by atoms with Crippen molar-refractivity contribution in [2.45, 2.75) is 0 Å². The van der Waals surface area contributed by atoms with Gasteiger partial charge in [0, 0.05) is 5.56 Å². The van der Waals surface area contributed by atoms with E-state index < -0.39 is 0 Å². The highest BCUT2D eigenvalue weighted by atomic mass is 79.9. The third kappa shape index (κ3) is 2.49. The Bertz CT molecular complexity index is 979. The van der Waals surface area contributed by atoms with Gasteiger partial charge in [0.15, 0.2) is 5.58 Å². The first-order chi connectivity index (χ1) is 11.2. The predicted molar refractivity (Wildman–Crippen MR) is 88.6 cm³/mol. The van der Waals surface area contributed by atoms with Crippen molar-refractivity contribution in [3.8, 4) is 22.9 Å². The minimum absolute atomic E-state index is 0.559. The van der Waals surface area contributed by atoms with Crippen LogP contribution in [0, 0.1) is 0 Å². The summed E-state index contributed by atoms with van der Waals surface area (Å²) in [6, 6.07) is 11.5. The molecule has 0 saturated heterocycles. The van der Waals surface area contributed by atoms with Crippen LogP contribution in [0.3, 0.4) is 0 Å². The molecule has 6 nitrogen and oxygen atoms in total. The van der Waals surface area contributed by atoms with Crippen molar-refractivity contribution in [1.82, 2.24) is 19.7 Å². The lowest BCUT2D eigenvalue weighted by Gasteiger charge is -2.03. The summed E-state index contributed by atoms with van der Waals surface area (Å²) in [5.41, 5.74) is 3.31. The first-order valence-corrected chi connectivity index (χ1v) is 7.63. The topological polar surface area (TPSA) is 66.0 Å². The number of rotatable bonds is 3. The monoisotopic (exact) mass is 370 g/mol. The number of hydrogen-bond acceptors (Lipinski definition) is 5. The molecule has 0 saturated carbocycles. The maximum absolute atomic E-state index is 5.84. The van der Waals surface area contributed by atoms with Gasteiger partial charge >= 0.3 is 0 Å². The van der Waals surface area contributed by atoms with Gasteiger partial charge in [-0.15, -0.1) is 10.2 Å². The number of methoxy groups -OCH3 is 1. The molecule has 0 bridgehead atoms. The van der Waals surface area contributed by atoms with Gasteiger partial charge in [0.1, 0.15) is 23.9 Å². The fourth-order valence-corrected chi connectivity index (χ4v) is 2.87. The zero-order valence-corrected chi connectivity index (χ0v) is 13.7. The smallest absolute Gasteiger partial charge is 0.227 e. The highest BCUT2D eigenvalue weighted by Crippen LogP contribution is 2.32. The third-order valence-electron chi connectivity index (χ3n) is 3.49. The second kappa shape index (κ2) is 5.51. The van der Waals surface area contributed by atoms with E-state index >= 15 is 0 Å². The number of halogens is 1. The predicted octanol–water partition coefficient (Wildman–Crippen LogP) is 3.85. The van der Waals surface area contributed by atoms with Crippen LogP contribution in [-0.2, 0) is 0 Å². The van der Waals surface area contributed by atoms with Crippen LogP contribution >= 0.6 is 15.9 Å². The van der Waals surface area contributed by atoms with Gasteiger partial charge in [0.05, 0.1) is 17.3 Å². The molecule has 0 N–H and O–H groups in total. The molecule has 0 fully saturated rings. The van der Waals surface area contributed by atoms with E-state index in [0.717, 1.165) is 32.6 Å². The summed E-state index contributed by atoms with van der Waals surface area (Å²) in [5, 5.41) is 7.62. The zero-order valence-electron chi connectivity index (χ0n) is 12.1. The maximum Gasteiger partial charge on any atom is 0.227 e. The molecule has 0 unspecified atom stereocenters. The van der Waals surface area contributed by atoms with E-state index in [1.807, 2.05) is 41.0 Å². The van der Waals surface area contributed by atoms with Crippen LogP contribution in [0.4, 0.5) is 0 Å². The van der Waals surface area contributed by atoms with Crippen LogP contribution in [0.1, 0.15) is 0 Å². The van der Waals surface area contributed by atoms with Crippen LogP contribution in [-0.4, -0.2) is 26.9 Å². The fourth-order valence-electron chi connectivity index (χ4n) is 2.33. The molecular formula is C16H11BrN4O2. The maximum atomic E-state index is 5.84. The number of ether oxygens (including phenoxy) is 1. The molecule has 4 aromatic rings. The molecule has 2 heterocycles. The molecular weight excluding hydrogens is 360 g/mol. The molecule has 7 heteroatoms. The van der Waals surface area contributed by atoms with Gasteiger partial charge < -0.3 is 9.15 Å². The van der Waals surface area contributed by atoms with Crippen molar-refractivity contribution in [3.05, 3.63) is 53.5 Å². The summed E-state index contributed by atoms with van der Waals surface area (Å²) in [6.07, 6.45) is 3.28. The average molecular weight is 371 g/mol. The van der Waals surface area contributed by atoms with E-state index in [0.29, 0.717) is 5.89 Å². The molecule has 0 amide bonds. The second-order valence-electron chi connectivity index (χ2n) is 4.89. The standard InChI is InChI=1S/C16H11BrN4O2/c1-22-14-4-2-10(6-12(14)17)16-20-13-7-11(3-5-15(13)23-16)21-8-18-19-9-21/h2-9H,1H3. The molecule has 0 aliphatic rings. The molecule has 0 aliphatic carbocycles. The molecule has 2 aromatic heterocycles. The quantitative estimate of drug-likeness (QED) is 0.547. The molecule has 4 rings (SSSR count). The molecule has 2 aromatic carbocycles. The van der Waals surface area contributed by atoms with Crippen LogP contribution in [0.5, 0.6) is 5.75 Å². The van der Waals surface area contributed by atoms with Gasteiger partial charge in [0.2, 0.25) is 5.89 Å². The molecule has 0 atom stereocenters. The number of nitrogens with zero attached hydrogens (tertiary/aromatic N) is 4. The van der Waals surface area contributed by atoms with Gasteiger partial charge in [0.25, 0.3) is 0 Å². The number of oxazole rings is 1. The van der Waals surface area contributed by atoms with E-state index in [1.165, 1.54) is 0 Å². The number of aromatic nitrogens is 4. The Morgan fingerprint density at radius 1 is 1.09 bits per heavy atom. The average Bonchev–Trinajstić information content (AvgIpc) is 3.23. The molecule has 0 aliphatic heterocycles. The molecule has 0 radical (unpaired) electrons. The number of fused-ring (bicyclic) bond motifs is 1. The first-order valence-electron chi connectivity index (χ1n) is 6.84. The Labute approximate surface area is 139 Å². The Hall–Kier alpha value is -2.67. The normalized spacial score (nSPS) is 11.0. The van der Waals surface area contributed by atoms with Gasteiger partial charge in [-0.05, 0) is 52.3 Å². The van der Waals surface area contributed by atoms with Gasteiger partial charge in [-0.3, -0.25) is 4.57 Å². The Kier molecular flexibility index (Phi) is 3.34. The van der Waals surface area contributed by atoms with Crippen molar-refractivity contribution in [1.29, 1.82) is 0 Å². The molecule has 114 valence electrons. The Balaban J connectivity index is 1.78. The minimum atomic E-state index is 0.559. The van der Waals surface area contributed by atoms with Crippen molar-refractivity contribution >= 4 is 27.0 Å². The Morgan fingerprint density at radius 2 is 1.91 bits per heavy atom. The lowest BCUT2D eigenvalue weighted by atomic mass is 10.2. The van der Waals surface area contributed by atoms with E-state index in [4.69, 9.17) is 9.15 Å². The summed E-state index contributed by atoms with van der Waals surface area (Å²) in [6.45, 7) is 0. The van der Waals surface area contributed by atoms with Gasteiger partial charge in [-0.2, -0.15) is 0 Å². The first kappa shape index (κ1) is 14.0. The van der Waals surface area contributed by atoms with Crippen molar-refractivity contribution in [2.75, 3.05) is 7.11 Å². The van der Waals surface area contributed by atoms with Crippen molar-refractivity contribution < 1.29 is 9.15 Å².